The zero-order chi connectivity index (χ0) is 4.50. The molecule has 0 aromatic rings. The van der Waals surface area contributed by atoms with E-state index in [2.05, 4.69) is 70.7 Å². The van der Waals surface area contributed by atoms with E-state index in [1.54, 1.807) is 0 Å². The second-order valence-corrected chi connectivity index (χ2v) is 239. The first-order chi connectivity index (χ1) is 2.00. The van der Waals surface area contributed by atoms with Gasteiger partial charge in [0.05, 0.1) is 0 Å². The molecule has 0 rings (SSSR count). The molecule has 0 heterocycles. The first-order valence-electron chi connectivity index (χ1n) is 1.07. The second-order valence-electron chi connectivity index (χ2n) is 0.606. The van der Waals surface area contributed by atoms with Gasteiger partial charge in [-0.2, -0.15) is 0 Å². The molecule has 0 aliphatic heterocycles. The SMILES string of the molecule is [I][Hg]([I])([I])[I].[InH3]. The van der Waals surface area contributed by atoms with E-state index in [4.69, 9.17) is 0 Å². The summed E-state index contributed by atoms with van der Waals surface area (Å²) in [5, 5.41) is 0. The molecule has 6 heavy (non-hydrogen) atoms. The molecule has 0 fully saturated rings. The third kappa shape index (κ3) is 23.3. The fraction of sp³-hybridized carbons (Fsp3) is 0. The topological polar surface area (TPSA) is 0 Å². The van der Waals surface area contributed by atoms with E-state index >= 15 is 0 Å². The Morgan fingerprint density at radius 2 is 0.833 bits per heavy atom. The predicted molar refractivity (Wildman–Crippen MR) is 66.0 cm³/mol. The van der Waals surface area contributed by atoms with Gasteiger partial charge >= 0.3 is 101 Å². The zero-order valence-corrected chi connectivity index (χ0v) is 16.3. The van der Waals surface area contributed by atoms with Gasteiger partial charge in [-0.3, -0.25) is 0 Å². The molecule has 0 radical (unpaired) electrons. The Bertz CT molecular complexity index is 23.0. The van der Waals surface area contributed by atoms with Gasteiger partial charge in [0.25, 0.3) is 0 Å². The van der Waals surface area contributed by atoms with E-state index in [1.807, 2.05) is 0 Å². The van der Waals surface area contributed by atoms with Gasteiger partial charge in [-0.25, -0.2) is 0 Å². The van der Waals surface area contributed by atoms with Gasteiger partial charge in [-0.15, -0.1) is 0 Å². The van der Waals surface area contributed by atoms with Crippen LogP contribution in [0.15, 0.2) is 0 Å². The Labute approximate surface area is 96.7 Å². The third-order valence-electron chi connectivity index (χ3n) is 0. The van der Waals surface area contributed by atoms with Crippen molar-refractivity contribution in [1.29, 1.82) is 0 Å². The van der Waals surface area contributed by atoms with Crippen LogP contribution in [-0.2, 0) is 4.17 Å². The average molecular weight is 826 g/mol. The van der Waals surface area contributed by atoms with E-state index in [-0.39, 0.29) is 25.8 Å². The molecule has 0 aliphatic carbocycles. The summed E-state index contributed by atoms with van der Waals surface area (Å²) < 4.78 is -1.51. The van der Waals surface area contributed by atoms with Gasteiger partial charge in [0.1, 0.15) is 0 Å². The molecule has 0 aromatic carbocycles. The molecule has 0 N–H and O–H groups in total. The summed E-state index contributed by atoms with van der Waals surface area (Å²) >= 11 is 10.3. The van der Waals surface area contributed by atoms with Gasteiger partial charge in [0, 0.05) is 0 Å². The van der Waals surface area contributed by atoms with Crippen LogP contribution < -0.4 is 0 Å². The quantitative estimate of drug-likeness (QED) is 0.261. The second kappa shape index (κ2) is 6.44. The molecule has 0 amide bonds. The standard InChI is InChI=1S/Hg.4HI.In.3H/h;4*1H;;;;/q+4;;;;;;;;/p-4. The molecule has 0 nitrogen and oxygen atoms in total. The van der Waals surface area contributed by atoms with Crippen molar-refractivity contribution in [3.05, 3.63) is 0 Å². The Morgan fingerprint density at radius 1 is 0.833 bits per heavy atom. The van der Waals surface area contributed by atoms with Gasteiger partial charge in [-0.1, -0.05) is 0 Å². The summed E-state index contributed by atoms with van der Waals surface area (Å²) in [6.07, 6.45) is 0. The molecule has 6 heteroatoms. The number of rotatable bonds is 0. The molecule has 0 atom stereocenters. The first kappa shape index (κ1) is 13.3. The van der Waals surface area contributed by atoms with Crippen LogP contribution in [0.3, 0.4) is 0 Å². The molecule has 0 spiro atoms. The summed E-state index contributed by atoms with van der Waals surface area (Å²) in [6.45, 7) is 0. The van der Waals surface area contributed by atoms with E-state index in [0.29, 0.717) is 0 Å². The fourth-order valence-electron chi connectivity index (χ4n) is 0. The van der Waals surface area contributed by atoms with E-state index < -0.39 is 4.17 Å². The van der Waals surface area contributed by atoms with Gasteiger partial charge in [0.2, 0.25) is 0 Å². The Balaban J connectivity index is 0. The van der Waals surface area contributed by atoms with Crippen LogP contribution in [0, 0.1) is 0 Å². The van der Waals surface area contributed by atoms with Crippen LogP contribution >= 0.6 is 70.7 Å². The monoisotopic (exact) mass is 828 g/mol. The number of halogens is 4. The zero-order valence-electron chi connectivity index (χ0n) is 2.22. The molecule has 0 aromatic heterocycles. The summed E-state index contributed by atoms with van der Waals surface area (Å²) in [7, 11) is 0. The van der Waals surface area contributed by atoms with Gasteiger partial charge < -0.3 is 0 Å². The van der Waals surface area contributed by atoms with Crippen molar-refractivity contribution in [2.45, 2.75) is 0 Å². The Kier molecular flexibility index (Phi) is 14.3. The van der Waals surface area contributed by atoms with E-state index in [9.17, 15) is 0 Å². The maximum absolute atomic E-state index is 2.57. The van der Waals surface area contributed by atoms with Crippen molar-refractivity contribution in [3.8, 4) is 0 Å². The van der Waals surface area contributed by atoms with Crippen LogP contribution in [0.1, 0.15) is 0 Å². The molecular weight excluding hydrogens is 823 g/mol. The predicted octanol–water partition coefficient (Wildman–Crippen LogP) is 2.36. The molecular formula is H3HgI4In. The number of hydrogen-bond acceptors (Lipinski definition) is 0. The molecule has 0 saturated heterocycles. The minimum absolute atomic E-state index is 0. The molecule has 0 unspecified atom stereocenters. The van der Waals surface area contributed by atoms with Crippen LogP contribution in [0.2, 0.25) is 0 Å². The Morgan fingerprint density at radius 3 is 0.833 bits per heavy atom. The van der Waals surface area contributed by atoms with E-state index in [1.165, 1.54) is 0 Å². The van der Waals surface area contributed by atoms with Crippen molar-refractivity contribution in [3.63, 3.8) is 0 Å². The van der Waals surface area contributed by atoms with Crippen LogP contribution in [0.25, 0.3) is 0 Å². The molecule has 0 aliphatic rings. The van der Waals surface area contributed by atoms with Gasteiger partial charge in [0.15, 0.2) is 0 Å². The van der Waals surface area contributed by atoms with Crippen molar-refractivity contribution < 1.29 is 4.17 Å². The average Bonchev–Trinajstić information content (AvgIpc) is 0.722. The van der Waals surface area contributed by atoms with Crippen molar-refractivity contribution in [2.75, 3.05) is 0 Å². The van der Waals surface area contributed by atoms with Crippen molar-refractivity contribution >= 4 is 96.5 Å². The summed E-state index contributed by atoms with van der Waals surface area (Å²) in [5.74, 6) is 0. The Hall–Kier alpha value is 4.73. The normalized spacial score (nSPS) is 7.33. The number of hydrogen-bond donors (Lipinski definition) is 0. The van der Waals surface area contributed by atoms with E-state index in [0.717, 1.165) is 0 Å². The maximum atomic E-state index is 2.57. The van der Waals surface area contributed by atoms with Crippen molar-refractivity contribution in [1.82, 2.24) is 0 Å². The fourth-order valence-corrected chi connectivity index (χ4v) is 0. The summed E-state index contributed by atoms with van der Waals surface area (Å²) in [4.78, 5) is 0. The summed E-state index contributed by atoms with van der Waals surface area (Å²) in [6, 6.07) is 0. The summed E-state index contributed by atoms with van der Waals surface area (Å²) in [5.41, 5.74) is 0. The third-order valence-corrected chi connectivity index (χ3v) is 0. The van der Waals surface area contributed by atoms with Crippen molar-refractivity contribution in [2.24, 2.45) is 0 Å². The molecule has 0 saturated carbocycles. The van der Waals surface area contributed by atoms with Crippen LogP contribution in [0.5, 0.6) is 0 Å². The van der Waals surface area contributed by atoms with Crippen LogP contribution in [0.4, 0.5) is 0 Å². The molecule has 36 valence electrons. The first-order valence-corrected chi connectivity index (χ1v) is 62.9. The molecule has 0 bridgehead atoms. The minimum atomic E-state index is -1.51. The van der Waals surface area contributed by atoms with Crippen LogP contribution in [-0.4, -0.2) is 25.8 Å². The van der Waals surface area contributed by atoms with Gasteiger partial charge in [-0.05, 0) is 0 Å².